The molecule has 1 saturated carbocycles. The van der Waals surface area contributed by atoms with E-state index in [2.05, 4.69) is 34.6 Å². The van der Waals surface area contributed by atoms with Crippen LogP contribution in [0.25, 0.3) is 10.9 Å². The molecule has 17 heavy (non-hydrogen) atoms. The van der Waals surface area contributed by atoms with Crippen LogP contribution in [0.5, 0.6) is 0 Å². The SMILES string of the molecule is c1ccc2nc(NCCC3CCC3)ccc2c1. The van der Waals surface area contributed by atoms with Gasteiger partial charge in [0.05, 0.1) is 5.52 Å². The first kappa shape index (κ1) is 10.6. The van der Waals surface area contributed by atoms with Gasteiger partial charge in [0.1, 0.15) is 5.82 Å². The first-order valence-electron chi connectivity index (χ1n) is 6.51. The second-order valence-corrected chi connectivity index (χ2v) is 4.90. The van der Waals surface area contributed by atoms with Gasteiger partial charge in [-0.3, -0.25) is 0 Å². The van der Waals surface area contributed by atoms with Crippen molar-refractivity contribution in [1.29, 1.82) is 0 Å². The molecule has 0 amide bonds. The molecule has 1 aromatic heterocycles. The second-order valence-electron chi connectivity index (χ2n) is 4.90. The van der Waals surface area contributed by atoms with Crippen LogP contribution < -0.4 is 5.32 Å². The number of nitrogens with zero attached hydrogens (tertiary/aromatic N) is 1. The number of pyridine rings is 1. The average molecular weight is 226 g/mol. The maximum Gasteiger partial charge on any atom is 0.126 e. The molecule has 2 heteroatoms. The number of fused-ring (bicyclic) bond motifs is 1. The third kappa shape index (κ3) is 2.41. The molecular formula is C15H18N2. The largest absolute Gasteiger partial charge is 0.370 e. The summed E-state index contributed by atoms with van der Waals surface area (Å²) in [6, 6.07) is 12.4. The summed E-state index contributed by atoms with van der Waals surface area (Å²) in [7, 11) is 0. The number of hydrogen-bond acceptors (Lipinski definition) is 2. The van der Waals surface area contributed by atoms with Crippen molar-refractivity contribution in [3.8, 4) is 0 Å². The summed E-state index contributed by atoms with van der Waals surface area (Å²) in [6.07, 6.45) is 5.56. The third-order valence-corrected chi connectivity index (χ3v) is 3.68. The van der Waals surface area contributed by atoms with Crippen LogP contribution >= 0.6 is 0 Å². The van der Waals surface area contributed by atoms with Gasteiger partial charge in [-0.25, -0.2) is 4.98 Å². The van der Waals surface area contributed by atoms with E-state index in [9.17, 15) is 0 Å². The minimum absolute atomic E-state index is 0.961. The first-order chi connectivity index (χ1) is 8.42. The molecule has 1 aliphatic carbocycles. The van der Waals surface area contributed by atoms with Gasteiger partial charge in [-0.2, -0.15) is 0 Å². The molecule has 1 aromatic carbocycles. The zero-order valence-corrected chi connectivity index (χ0v) is 10.0. The molecule has 0 spiro atoms. The van der Waals surface area contributed by atoms with Gasteiger partial charge >= 0.3 is 0 Å². The molecule has 0 radical (unpaired) electrons. The van der Waals surface area contributed by atoms with Crippen LogP contribution in [-0.2, 0) is 0 Å². The first-order valence-corrected chi connectivity index (χ1v) is 6.51. The van der Waals surface area contributed by atoms with Gasteiger partial charge in [0, 0.05) is 11.9 Å². The molecule has 1 aliphatic rings. The maximum atomic E-state index is 4.60. The lowest BCUT2D eigenvalue weighted by molar-refractivity contribution is 0.303. The quantitative estimate of drug-likeness (QED) is 0.856. The number of hydrogen-bond donors (Lipinski definition) is 1. The van der Waals surface area contributed by atoms with Crippen LogP contribution in [0.1, 0.15) is 25.7 Å². The number of para-hydroxylation sites is 1. The van der Waals surface area contributed by atoms with E-state index in [-0.39, 0.29) is 0 Å². The van der Waals surface area contributed by atoms with Crippen molar-refractivity contribution in [2.24, 2.45) is 5.92 Å². The van der Waals surface area contributed by atoms with Crippen LogP contribution in [0.2, 0.25) is 0 Å². The van der Waals surface area contributed by atoms with E-state index >= 15 is 0 Å². The van der Waals surface area contributed by atoms with E-state index in [1.807, 2.05) is 12.1 Å². The summed E-state index contributed by atoms with van der Waals surface area (Å²) >= 11 is 0. The summed E-state index contributed by atoms with van der Waals surface area (Å²) in [4.78, 5) is 4.60. The minimum Gasteiger partial charge on any atom is -0.370 e. The molecule has 0 saturated heterocycles. The fraction of sp³-hybridized carbons (Fsp3) is 0.400. The van der Waals surface area contributed by atoms with Crippen LogP contribution in [0.4, 0.5) is 5.82 Å². The molecule has 3 rings (SSSR count). The Morgan fingerprint density at radius 1 is 1.12 bits per heavy atom. The molecule has 1 heterocycles. The van der Waals surface area contributed by atoms with Crippen molar-refractivity contribution in [2.75, 3.05) is 11.9 Å². The van der Waals surface area contributed by atoms with Gasteiger partial charge in [-0.1, -0.05) is 37.5 Å². The highest BCUT2D eigenvalue weighted by molar-refractivity contribution is 5.79. The van der Waals surface area contributed by atoms with Gasteiger partial charge < -0.3 is 5.32 Å². The molecule has 0 bridgehead atoms. The summed E-state index contributed by atoms with van der Waals surface area (Å²) < 4.78 is 0. The molecule has 0 aliphatic heterocycles. The lowest BCUT2D eigenvalue weighted by atomic mass is 9.83. The van der Waals surface area contributed by atoms with E-state index < -0.39 is 0 Å². The summed E-state index contributed by atoms with van der Waals surface area (Å²) in [5, 5.41) is 4.63. The van der Waals surface area contributed by atoms with E-state index in [4.69, 9.17) is 0 Å². The van der Waals surface area contributed by atoms with Crippen LogP contribution in [-0.4, -0.2) is 11.5 Å². The van der Waals surface area contributed by atoms with Crippen molar-refractivity contribution in [1.82, 2.24) is 4.98 Å². The number of anilines is 1. The van der Waals surface area contributed by atoms with E-state index in [1.54, 1.807) is 0 Å². The Morgan fingerprint density at radius 3 is 2.82 bits per heavy atom. The molecular weight excluding hydrogens is 208 g/mol. The highest BCUT2D eigenvalue weighted by atomic mass is 15.0. The Balaban J connectivity index is 1.63. The smallest absolute Gasteiger partial charge is 0.126 e. The Bertz CT molecular complexity index is 503. The second kappa shape index (κ2) is 4.74. The molecule has 0 atom stereocenters. The lowest BCUT2D eigenvalue weighted by Crippen LogP contribution is -2.15. The van der Waals surface area contributed by atoms with Gasteiger partial charge in [0.15, 0.2) is 0 Å². The fourth-order valence-electron chi connectivity index (χ4n) is 2.35. The van der Waals surface area contributed by atoms with Crippen molar-refractivity contribution in [2.45, 2.75) is 25.7 Å². The Labute approximate surface area is 102 Å². The van der Waals surface area contributed by atoms with Crippen molar-refractivity contribution < 1.29 is 0 Å². The van der Waals surface area contributed by atoms with Crippen molar-refractivity contribution >= 4 is 16.7 Å². The Morgan fingerprint density at radius 2 is 2.00 bits per heavy atom. The minimum atomic E-state index is 0.961. The van der Waals surface area contributed by atoms with E-state index in [1.165, 1.54) is 31.1 Å². The highest BCUT2D eigenvalue weighted by Crippen LogP contribution is 2.29. The maximum absolute atomic E-state index is 4.60. The van der Waals surface area contributed by atoms with Crippen LogP contribution in [0.15, 0.2) is 36.4 Å². The van der Waals surface area contributed by atoms with Crippen LogP contribution in [0, 0.1) is 5.92 Å². The molecule has 0 unspecified atom stereocenters. The zero-order valence-electron chi connectivity index (χ0n) is 10.0. The average Bonchev–Trinajstić information content (AvgIpc) is 2.32. The Kier molecular flexibility index (Phi) is 2.95. The molecule has 2 aromatic rings. The number of nitrogens with one attached hydrogen (secondary N) is 1. The summed E-state index contributed by atoms with van der Waals surface area (Å²) in [5.74, 6) is 1.96. The van der Waals surface area contributed by atoms with Crippen molar-refractivity contribution in [3.63, 3.8) is 0 Å². The third-order valence-electron chi connectivity index (χ3n) is 3.68. The molecule has 88 valence electrons. The summed E-state index contributed by atoms with van der Waals surface area (Å²) in [6.45, 7) is 1.05. The molecule has 2 nitrogen and oxygen atoms in total. The fourth-order valence-corrected chi connectivity index (χ4v) is 2.35. The van der Waals surface area contributed by atoms with E-state index in [0.29, 0.717) is 0 Å². The predicted octanol–water partition coefficient (Wildman–Crippen LogP) is 3.84. The topological polar surface area (TPSA) is 24.9 Å². The number of rotatable bonds is 4. The molecule has 1 fully saturated rings. The van der Waals surface area contributed by atoms with Crippen LogP contribution in [0.3, 0.4) is 0 Å². The van der Waals surface area contributed by atoms with Gasteiger partial charge in [0.25, 0.3) is 0 Å². The van der Waals surface area contributed by atoms with E-state index in [0.717, 1.165) is 23.8 Å². The highest BCUT2D eigenvalue weighted by Gasteiger charge is 2.16. The molecule has 1 N–H and O–H groups in total. The van der Waals surface area contributed by atoms with Gasteiger partial charge in [-0.05, 0) is 30.5 Å². The monoisotopic (exact) mass is 226 g/mol. The zero-order chi connectivity index (χ0) is 11.5. The lowest BCUT2D eigenvalue weighted by Gasteiger charge is -2.25. The standard InChI is InChI=1S/C15H18N2/c1-2-7-14-13(6-1)8-9-15(17-14)16-11-10-12-4-3-5-12/h1-2,6-9,12H,3-5,10-11H2,(H,16,17). The predicted molar refractivity (Wildman–Crippen MR) is 72.2 cm³/mol. The number of aromatic nitrogens is 1. The summed E-state index contributed by atoms with van der Waals surface area (Å²) in [5.41, 5.74) is 1.07. The van der Waals surface area contributed by atoms with Crippen molar-refractivity contribution in [3.05, 3.63) is 36.4 Å². The van der Waals surface area contributed by atoms with Gasteiger partial charge in [0.2, 0.25) is 0 Å². The normalized spacial score (nSPS) is 15.8. The van der Waals surface area contributed by atoms with Gasteiger partial charge in [-0.15, -0.1) is 0 Å². The number of benzene rings is 1. The Hall–Kier alpha value is -1.57.